The molecule has 0 aliphatic rings. The Morgan fingerprint density at radius 1 is 0.264 bits per heavy atom. The fourth-order valence-electron chi connectivity index (χ4n) is 11.0. The molecule has 0 aromatic carbocycles. The Kier molecular flexibility index (Phi) is 65.2. The zero-order chi connectivity index (χ0) is 66.8. The maximum atomic E-state index is 13.0. The van der Waals surface area contributed by atoms with Crippen molar-refractivity contribution < 1.29 is 80.2 Å². The third-order valence-electron chi connectivity index (χ3n) is 16.9. The van der Waals surface area contributed by atoms with Crippen LogP contribution in [0.2, 0.25) is 0 Å². The minimum atomic E-state index is -4.95. The van der Waals surface area contributed by atoms with Gasteiger partial charge in [0.05, 0.1) is 26.4 Å². The molecule has 0 bridgehead atoms. The quantitative estimate of drug-likeness (QED) is 0.0222. The Morgan fingerprint density at radius 2 is 0.440 bits per heavy atom. The van der Waals surface area contributed by atoms with Crippen LogP contribution in [0, 0.1) is 0 Å². The third kappa shape index (κ3) is 66.5. The fourth-order valence-corrected chi connectivity index (χ4v) is 12.6. The summed E-state index contributed by atoms with van der Waals surface area (Å²) in [5, 5.41) is 10.6. The number of hydrogen-bond donors (Lipinski definition) is 3. The maximum Gasteiger partial charge on any atom is 0.472 e. The Hall–Kier alpha value is -1.94. The van der Waals surface area contributed by atoms with Crippen LogP contribution in [0.5, 0.6) is 0 Å². The van der Waals surface area contributed by atoms with Crippen LogP contribution in [-0.2, 0) is 65.4 Å². The summed E-state index contributed by atoms with van der Waals surface area (Å²) in [4.78, 5) is 72.5. The number of aliphatic hydroxyl groups is 1. The number of phosphoric acid groups is 2. The van der Waals surface area contributed by atoms with Crippen molar-refractivity contribution in [2.45, 2.75) is 399 Å². The number of unbranched alkanes of at least 4 members (excludes halogenated alkanes) is 47. The summed E-state index contributed by atoms with van der Waals surface area (Å²) >= 11 is 0. The lowest BCUT2D eigenvalue weighted by atomic mass is 10.0. The molecule has 17 nitrogen and oxygen atoms in total. The van der Waals surface area contributed by atoms with Crippen LogP contribution >= 0.6 is 15.6 Å². The van der Waals surface area contributed by atoms with Crippen molar-refractivity contribution in [2.24, 2.45) is 0 Å². The van der Waals surface area contributed by atoms with Gasteiger partial charge in [-0.15, -0.1) is 0 Å². The van der Waals surface area contributed by atoms with E-state index in [1.807, 2.05) is 0 Å². The van der Waals surface area contributed by atoms with Crippen LogP contribution in [-0.4, -0.2) is 96.7 Å². The fraction of sp³-hybridized carbons (Fsp3) is 0.944. The van der Waals surface area contributed by atoms with E-state index in [1.54, 1.807) is 0 Å². The lowest BCUT2D eigenvalue weighted by Crippen LogP contribution is -2.30. The molecule has 0 heterocycles. The van der Waals surface area contributed by atoms with E-state index in [-0.39, 0.29) is 25.7 Å². The Bertz CT molecular complexity index is 1740. The molecule has 0 rings (SSSR count). The molecule has 0 radical (unpaired) electrons. The summed E-state index contributed by atoms with van der Waals surface area (Å²) in [6.45, 7) is 4.94. The van der Waals surface area contributed by atoms with Crippen LogP contribution < -0.4 is 0 Å². The average molecular weight is 1340 g/mol. The summed E-state index contributed by atoms with van der Waals surface area (Å²) < 4.78 is 68.3. The first-order valence-corrected chi connectivity index (χ1v) is 40.8. The van der Waals surface area contributed by atoms with Gasteiger partial charge in [-0.2, -0.15) is 0 Å². The second-order valence-corrected chi connectivity index (χ2v) is 28.9. The van der Waals surface area contributed by atoms with E-state index in [2.05, 4.69) is 27.7 Å². The van der Waals surface area contributed by atoms with Gasteiger partial charge in [-0.05, 0) is 25.7 Å². The van der Waals surface area contributed by atoms with E-state index in [4.69, 9.17) is 37.0 Å². The first-order chi connectivity index (χ1) is 44.2. The van der Waals surface area contributed by atoms with Gasteiger partial charge in [-0.1, -0.05) is 329 Å². The number of esters is 4. The van der Waals surface area contributed by atoms with E-state index in [0.29, 0.717) is 25.7 Å². The molecule has 2 unspecified atom stereocenters. The van der Waals surface area contributed by atoms with Gasteiger partial charge < -0.3 is 33.8 Å². The van der Waals surface area contributed by atoms with Crippen molar-refractivity contribution in [3.8, 4) is 0 Å². The van der Waals surface area contributed by atoms with Crippen molar-refractivity contribution in [3.05, 3.63) is 0 Å². The third-order valence-corrected chi connectivity index (χ3v) is 18.8. The Morgan fingerprint density at radius 3 is 0.648 bits per heavy atom. The van der Waals surface area contributed by atoms with E-state index in [9.17, 15) is 43.2 Å². The van der Waals surface area contributed by atoms with Gasteiger partial charge in [0.2, 0.25) is 0 Å². The second kappa shape index (κ2) is 66.7. The maximum absolute atomic E-state index is 13.0. The zero-order valence-corrected chi connectivity index (χ0v) is 60.6. The minimum Gasteiger partial charge on any atom is -0.462 e. The number of carbonyl (C=O) groups is 4. The van der Waals surface area contributed by atoms with Gasteiger partial charge in [0.25, 0.3) is 0 Å². The van der Waals surface area contributed by atoms with Crippen molar-refractivity contribution >= 4 is 39.5 Å². The first-order valence-electron chi connectivity index (χ1n) is 37.8. The molecule has 0 amide bonds. The van der Waals surface area contributed by atoms with Crippen molar-refractivity contribution in [2.75, 3.05) is 39.6 Å². The minimum absolute atomic E-state index is 0.108. The molecule has 5 atom stereocenters. The van der Waals surface area contributed by atoms with Crippen LogP contribution in [0.3, 0.4) is 0 Å². The lowest BCUT2D eigenvalue weighted by Gasteiger charge is -2.21. The SMILES string of the molecule is CCCCCCCCCCCCCCCCCCCCC(=O)O[C@H](COC(=O)CCCCCCCCCCCCCCC)COP(=O)(O)OC[C@@H](O)COP(=O)(O)OC[C@@H](COC(=O)CCCCCCCCCC)OC(=O)CCCCCCCCCCCCCC. The molecule has 91 heavy (non-hydrogen) atoms. The predicted molar refractivity (Wildman–Crippen MR) is 368 cm³/mol. The largest absolute Gasteiger partial charge is 0.472 e. The average Bonchev–Trinajstić information content (AvgIpc) is 2.79. The smallest absolute Gasteiger partial charge is 0.462 e. The molecule has 0 saturated heterocycles. The monoisotopic (exact) mass is 1340 g/mol. The van der Waals surface area contributed by atoms with Gasteiger partial charge in [0.15, 0.2) is 12.2 Å². The van der Waals surface area contributed by atoms with Crippen LogP contribution in [0.1, 0.15) is 381 Å². The normalized spacial score (nSPS) is 14.0. The predicted octanol–water partition coefficient (Wildman–Crippen LogP) is 21.1. The topological polar surface area (TPSA) is 237 Å². The van der Waals surface area contributed by atoms with Gasteiger partial charge in [0, 0.05) is 25.7 Å². The summed E-state index contributed by atoms with van der Waals surface area (Å²) in [5.41, 5.74) is 0. The Balaban J connectivity index is 5.20. The Labute approximate surface area is 556 Å². The summed E-state index contributed by atoms with van der Waals surface area (Å²) in [6.07, 6.45) is 55.4. The number of hydrogen-bond acceptors (Lipinski definition) is 15. The van der Waals surface area contributed by atoms with Crippen LogP contribution in [0.4, 0.5) is 0 Å². The molecular weight excluding hydrogens is 1200 g/mol. The van der Waals surface area contributed by atoms with Gasteiger partial charge >= 0.3 is 39.5 Å². The van der Waals surface area contributed by atoms with Crippen LogP contribution in [0.15, 0.2) is 0 Å². The molecule has 0 aromatic rings. The van der Waals surface area contributed by atoms with Crippen molar-refractivity contribution in [1.29, 1.82) is 0 Å². The van der Waals surface area contributed by atoms with E-state index in [0.717, 1.165) is 96.3 Å². The van der Waals surface area contributed by atoms with E-state index >= 15 is 0 Å². The van der Waals surface area contributed by atoms with Crippen LogP contribution in [0.25, 0.3) is 0 Å². The lowest BCUT2D eigenvalue weighted by molar-refractivity contribution is -0.161. The number of aliphatic hydroxyl groups excluding tert-OH is 1. The van der Waals surface area contributed by atoms with Gasteiger partial charge in [-0.3, -0.25) is 37.3 Å². The van der Waals surface area contributed by atoms with Gasteiger partial charge in [-0.25, -0.2) is 9.13 Å². The molecular formula is C72H140O17P2. The highest BCUT2D eigenvalue weighted by atomic mass is 31.2. The van der Waals surface area contributed by atoms with Gasteiger partial charge in [0.1, 0.15) is 19.3 Å². The highest BCUT2D eigenvalue weighted by Crippen LogP contribution is 2.45. The second-order valence-electron chi connectivity index (χ2n) is 26.0. The van der Waals surface area contributed by atoms with E-state index in [1.165, 1.54) is 205 Å². The summed E-state index contributed by atoms with van der Waals surface area (Å²) in [7, 11) is -9.90. The number of rotatable bonds is 73. The summed E-state index contributed by atoms with van der Waals surface area (Å²) in [6, 6.07) is 0. The molecule has 0 aliphatic carbocycles. The first kappa shape index (κ1) is 89.1. The van der Waals surface area contributed by atoms with E-state index < -0.39 is 97.5 Å². The molecule has 0 spiro atoms. The number of carbonyl (C=O) groups excluding carboxylic acids is 4. The molecule has 0 aliphatic heterocycles. The standard InChI is InChI=1S/C72H140O17P2/c1-5-9-13-17-21-25-28-31-32-33-34-35-37-40-43-47-51-55-59-72(77)89-68(63-83-70(75)57-53-49-45-41-39-36-29-26-22-18-14-10-6-2)65-87-91(80,81)85-61-66(73)60-84-90(78,79)86-64-67(62-82-69(74)56-52-48-44-24-20-16-12-8-4)88-71(76)58-54-50-46-42-38-30-27-23-19-15-11-7-3/h66-68,73H,5-65H2,1-4H3,(H,78,79)(H,80,81)/t66-,67+,68+/m0/s1. The van der Waals surface area contributed by atoms with Crippen molar-refractivity contribution in [1.82, 2.24) is 0 Å². The molecule has 3 N–H and O–H groups in total. The highest BCUT2D eigenvalue weighted by molar-refractivity contribution is 7.47. The molecule has 0 aromatic heterocycles. The summed E-state index contributed by atoms with van der Waals surface area (Å²) in [5.74, 6) is -2.12. The molecule has 0 fully saturated rings. The molecule has 0 saturated carbocycles. The number of phosphoric ester groups is 2. The number of ether oxygens (including phenoxy) is 4. The molecule has 540 valence electrons. The molecule has 19 heteroatoms. The zero-order valence-electron chi connectivity index (χ0n) is 58.8. The highest BCUT2D eigenvalue weighted by Gasteiger charge is 2.30. The van der Waals surface area contributed by atoms with Crippen molar-refractivity contribution in [3.63, 3.8) is 0 Å².